The van der Waals surface area contributed by atoms with E-state index in [2.05, 4.69) is 9.98 Å². The zero-order valence-corrected chi connectivity index (χ0v) is 17.1. The van der Waals surface area contributed by atoms with Crippen LogP contribution in [0.5, 0.6) is 0 Å². The van der Waals surface area contributed by atoms with E-state index >= 15 is 0 Å². The number of halogens is 4. The number of aliphatic imine (C=N–C) groups is 1. The summed E-state index contributed by atoms with van der Waals surface area (Å²) in [4.78, 5) is 6.96. The predicted octanol–water partition coefficient (Wildman–Crippen LogP) is 3.86. The lowest BCUT2D eigenvalue weighted by Gasteiger charge is -2.35. The highest BCUT2D eigenvalue weighted by Crippen LogP contribution is 2.54. The number of nitrogens with zero attached hydrogens (tertiary/aromatic N) is 3. The minimum Gasteiger partial charge on any atom is -0.402 e. The van der Waals surface area contributed by atoms with E-state index in [1.54, 1.807) is 25.2 Å². The summed E-state index contributed by atoms with van der Waals surface area (Å²) in [6.45, 7) is 0. The zero-order valence-electron chi connectivity index (χ0n) is 15.6. The molecule has 6 nitrogen and oxygen atoms in total. The molecule has 2 aliphatic rings. The van der Waals surface area contributed by atoms with Crippen molar-refractivity contribution in [2.24, 2.45) is 10.7 Å². The summed E-state index contributed by atoms with van der Waals surface area (Å²) < 4.78 is 66.7. The molecule has 0 radical (unpaired) electrons. The molecule has 2 unspecified atom stereocenters. The van der Waals surface area contributed by atoms with Crippen LogP contribution in [0, 0.1) is 0 Å². The second kappa shape index (κ2) is 7.07. The molecule has 0 saturated heterocycles. The fourth-order valence-corrected chi connectivity index (χ4v) is 5.85. The van der Waals surface area contributed by atoms with Gasteiger partial charge in [0, 0.05) is 42.2 Å². The number of nitrogens with two attached hydrogens (primary N) is 1. The molecule has 30 heavy (non-hydrogen) atoms. The van der Waals surface area contributed by atoms with Crippen molar-refractivity contribution in [1.29, 1.82) is 0 Å². The number of aromatic nitrogens is 1. The van der Waals surface area contributed by atoms with Crippen molar-refractivity contribution in [3.8, 4) is 0 Å². The third kappa shape index (κ3) is 3.19. The molecular formula is C19H16ClF3N4O2S. The average molecular weight is 457 g/mol. The first-order chi connectivity index (χ1) is 14.1. The molecule has 2 aromatic rings. The topological polar surface area (TPSA) is 88.6 Å². The standard InChI is InChI=1S/C19H16ClF3N4O2S/c1-25-9-14-15(24)7-16-12-4-2-10(20)6-13(12)18(14)27(16)30(28,29)11-3-5-17(26-8-11)19(21,22)23/h2-6,8-9,16,18H,7,24H2,1H3. The first kappa shape index (κ1) is 20.8. The average Bonchev–Trinajstić information content (AvgIpc) is 2.93. The van der Waals surface area contributed by atoms with E-state index in [9.17, 15) is 21.6 Å². The molecular weight excluding hydrogens is 441 g/mol. The first-order valence-corrected chi connectivity index (χ1v) is 10.6. The molecule has 2 atom stereocenters. The molecule has 0 amide bonds. The van der Waals surface area contributed by atoms with Crippen LogP contribution in [0.1, 0.15) is 35.3 Å². The fourth-order valence-electron chi connectivity index (χ4n) is 3.97. The molecule has 2 aliphatic heterocycles. The van der Waals surface area contributed by atoms with Gasteiger partial charge in [-0.2, -0.15) is 17.5 Å². The van der Waals surface area contributed by atoms with Crippen molar-refractivity contribution in [1.82, 2.24) is 9.29 Å². The van der Waals surface area contributed by atoms with Gasteiger partial charge in [-0.25, -0.2) is 8.42 Å². The van der Waals surface area contributed by atoms with E-state index in [0.717, 1.165) is 17.8 Å². The number of hydrogen-bond acceptors (Lipinski definition) is 5. The second-order valence-electron chi connectivity index (χ2n) is 6.98. The highest BCUT2D eigenvalue weighted by atomic mass is 35.5. The summed E-state index contributed by atoms with van der Waals surface area (Å²) in [7, 11) is -2.67. The van der Waals surface area contributed by atoms with Crippen molar-refractivity contribution in [3.63, 3.8) is 0 Å². The van der Waals surface area contributed by atoms with E-state index in [-0.39, 0.29) is 11.3 Å². The monoisotopic (exact) mass is 456 g/mol. The number of hydrogen-bond donors (Lipinski definition) is 1. The fraction of sp³-hybridized carbons (Fsp3) is 0.263. The van der Waals surface area contributed by atoms with E-state index in [0.29, 0.717) is 27.9 Å². The van der Waals surface area contributed by atoms with Crippen LogP contribution in [0.15, 0.2) is 57.7 Å². The Hall–Kier alpha value is -2.43. The molecule has 1 aromatic carbocycles. The maximum atomic E-state index is 13.5. The van der Waals surface area contributed by atoms with Crippen molar-refractivity contribution < 1.29 is 21.6 Å². The summed E-state index contributed by atoms with van der Waals surface area (Å²) in [6, 6.07) is 5.26. The van der Waals surface area contributed by atoms with E-state index < -0.39 is 34.0 Å². The van der Waals surface area contributed by atoms with Gasteiger partial charge in [-0.15, -0.1) is 0 Å². The van der Waals surface area contributed by atoms with Crippen LogP contribution in [-0.2, 0) is 16.2 Å². The van der Waals surface area contributed by atoms with E-state index in [4.69, 9.17) is 17.3 Å². The van der Waals surface area contributed by atoms with Gasteiger partial charge in [-0.1, -0.05) is 17.7 Å². The molecule has 0 fully saturated rings. The molecule has 1 aromatic heterocycles. The summed E-state index contributed by atoms with van der Waals surface area (Å²) in [5, 5.41) is 0.432. The van der Waals surface area contributed by atoms with Crippen molar-refractivity contribution in [3.05, 3.63) is 69.6 Å². The Morgan fingerprint density at radius 1 is 1.27 bits per heavy atom. The largest absolute Gasteiger partial charge is 0.433 e. The van der Waals surface area contributed by atoms with Crippen LogP contribution in [0.25, 0.3) is 0 Å². The Kier molecular flexibility index (Phi) is 4.91. The number of sulfonamides is 1. The number of fused-ring (bicyclic) bond motifs is 5. The molecule has 2 N–H and O–H groups in total. The van der Waals surface area contributed by atoms with Crippen molar-refractivity contribution >= 4 is 27.8 Å². The van der Waals surface area contributed by atoms with Gasteiger partial charge < -0.3 is 5.73 Å². The van der Waals surface area contributed by atoms with Crippen molar-refractivity contribution in [2.45, 2.75) is 29.6 Å². The SMILES string of the molecule is CN=CC1=C(N)CC2c3ccc(Cl)cc3C1N2S(=O)(=O)c1ccc(C(F)(F)F)nc1. The van der Waals surface area contributed by atoms with Crippen LogP contribution in [0.4, 0.5) is 13.2 Å². The first-order valence-electron chi connectivity index (χ1n) is 8.82. The minimum absolute atomic E-state index is 0.222. The molecule has 3 heterocycles. The van der Waals surface area contributed by atoms with Gasteiger partial charge in [-0.05, 0) is 35.4 Å². The number of alkyl halides is 3. The lowest BCUT2D eigenvalue weighted by Crippen LogP contribution is -2.38. The molecule has 158 valence electrons. The van der Waals surface area contributed by atoms with Gasteiger partial charge >= 0.3 is 6.18 Å². The van der Waals surface area contributed by atoms with Gasteiger partial charge in [0.25, 0.3) is 0 Å². The van der Waals surface area contributed by atoms with Gasteiger partial charge in [0.1, 0.15) is 10.6 Å². The second-order valence-corrected chi connectivity index (χ2v) is 9.26. The Balaban J connectivity index is 1.86. The smallest absolute Gasteiger partial charge is 0.402 e. The third-order valence-electron chi connectivity index (χ3n) is 5.21. The van der Waals surface area contributed by atoms with E-state index in [1.807, 2.05) is 0 Å². The minimum atomic E-state index is -4.67. The summed E-state index contributed by atoms with van der Waals surface area (Å²) in [5.41, 5.74) is 7.48. The molecule has 0 saturated carbocycles. The maximum Gasteiger partial charge on any atom is 0.433 e. The van der Waals surface area contributed by atoms with E-state index in [1.165, 1.54) is 10.5 Å². The Morgan fingerprint density at radius 2 is 2.00 bits per heavy atom. The highest BCUT2D eigenvalue weighted by Gasteiger charge is 2.50. The Morgan fingerprint density at radius 3 is 2.60 bits per heavy atom. The predicted molar refractivity (Wildman–Crippen MR) is 105 cm³/mol. The Labute approximate surface area is 175 Å². The quantitative estimate of drug-likeness (QED) is 0.710. The van der Waals surface area contributed by atoms with Crippen LogP contribution in [-0.4, -0.2) is 31.0 Å². The lowest BCUT2D eigenvalue weighted by molar-refractivity contribution is -0.141. The lowest BCUT2D eigenvalue weighted by atomic mass is 9.99. The zero-order chi connectivity index (χ0) is 21.8. The molecule has 11 heteroatoms. The van der Waals surface area contributed by atoms with Gasteiger partial charge in [-0.3, -0.25) is 9.98 Å². The molecule has 2 bridgehead atoms. The van der Waals surface area contributed by atoms with Crippen LogP contribution < -0.4 is 5.73 Å². The van der Waals surface area contributed by atoms with Crippen LogP contribution in [0.2, 0.25) is 5.02 Å². The number of rotatable bonds is 3. The third-order valence-corrected chi connectivity index (χ3v) is 7.31. The summed E-state index contributed by atoms with van der Waals surface area (Å²) >= 11 is 6.15. The van der Waals surface area contributed by atoms with Gasteiger partial charge in [0.05, 0.1) is 12.1 Å². The number of benzene rings is 1. The maximum absolute atomic E-state index is 13.5. The Bertz CT molecular complexity index is 1180. The van der Waals surface area contributed by atoms with Gasteiger partial charge in [0.2, 0.25) is 10.0 Å². The number of pyridine rings is 1. The summed E-state index contributed by atoms with van der Waals surface area (Å²) in [5.74, 6) is 0. The normalized spacial score (nSPS) is 22.0. The summed E-state index contributed by atoms with van der Waals surface area (Å²) in [6.07, 6.45) is -2.22. The molecule has 0 aliphatic carbocycles. The van der Waals surface area contributed by atoms with Crippen LogP contribution in [0.3, 0.4) is 0 Å². The van der Waals surface area contributed by atoms with Gasteiger partial charge in [0.15, 0.2) is 0 Å². The van der Waals surface area contributed by atoms with Crippen LogP contribution >= 0.6 is 11.6 Å². The van der Waals surface area contributed by atoms with Crippen molar-refractivity contribution in [2.75, 3.05) is 7.05 Å². The molecule has 4 rings (SSSR count). The highest BCUT2D eigenvalue weighted by molar-refractivity contribution is 7.89. The molecule has 0 spiro atoms.